The minimum absolute atomic E-state index is 0.00635. The van der Waals surface area contributed by atoms with E-state index < -0.39 is 12.1 Å². The second-order valence-corrected chi connectivity index (χ2v) is 10.8. The minimum atomic E-state index is -0.779. The Hall–Kier alpha value is -2.97. The van der Waals surface area contributed by atoms with Crippen molar-refractivity contribution in [1.29, 1.82) is 0 Å². The van der Waals surface area contributed by atoms with Gasteiger partial charge in [-0.05, 0) is 62.2 Å². The van der Waals surface area contributed by atoms with E-state index in [9.17, 15) is 14.4 Å². The first-order valence-corrected chi connectivity index (χ1v) is 13.0. The van der Waals surface area contributed by atoms with Crippen LogP contribution in [0, 0.1) is 5.41 Å². The molecule has 1 aromatic heterocycles. The van der Waals surface area contributed by atoms with E-state index in [2.05, 4.69) is 46.5 Å². The smallest absolute Gasteiger partial charge is 0.253 e. The fraction of sp³-hybridized carbons (Fsp3) is 0.536. The average Bonchev–Trinajstić information content (AvgIpc) is 3.63. The van der Waals surface area contributed by atoms with Crippen LogP contribution in [0.2, 0.25) is 0 Å². The number of ketones is 1. The van der Waals surface area contributed by atoms with Crippen molar-refractivity contribution < 1.29 is 19.1 Å². The van der Waals surface area contributed by atoms with Crippen LogP contribution >= 0.6 is 0 Å². The number of aromatic amines is 1. The Morgan fingerprint density at radius 2 is 1.92 bits per heavy atom. The lowest BCUT2D eigenvalue weighted by Gasteiger charge is -2.31. The molecule has 0 spiro atoms. The molecule has 2 aromatic rings. The van der Waals surface area contributed by atoms with E-state index in [1.807, 2.05) is 18.2 Å². The van der Waals surface area contributed by atoms with Crippen LogP contribution in [0.1, 0.15) is 55.5 Å². The van der Waals surface area contributed by atoms with Gasteiger partial charge in [-0.2, -0.15) is 0 Å². The lowest BCUT2D eigenvalue weighted by atomic mass is 9.80. The Bertz CT molecular complexity index is 1020. The maximum Gasteiger partial charge on any atom is 0.253 e. The number of carbonyl (C=O) groups excluding carboxylic acids is 3. The summed E-state index contributed by atoms with van der Waals surface area (Å²) in [4.78, 5) is 44.2. The number of Topliss-reactive ketones (excluding diaryl/α,β-unsaturated/α-hetero) is 1. The molecular formula is C28H38N4O4. The fourth-order valence-corrected chi connectivity index (χ4v) is 5.09. The lowest BCUT2D eigenvalue weighted by molar-refractivity contribution is -0.128. The Balaban J connectivity index is 1.44. The first-order chi connectivity index (χ1) is 17.3. The number of hydrogen-bond acceptors (Lipinski definition) is 5. The number of likely N-dealkylation sites (tertiary alicyclic amines) is 1. The molecule has 8 heteroatoms. The standard InChI is InChI=1S/C28H38N4O4/c1-28(2,12-10-20-8-4-3-5-9-20)16-22(30-26(34)21-11-13-29-17-21)27(35)31-25-23(33)19-36-24(25)18-32-14-6-7-15-32/h3-5,8-9,11,13,17,22,24-25,29H,6-7,10,12,14-16,18-19H2,1-2H3,(H,30,34)(H,31,35). The van der Waals surface area contributed by atoms with Gasteiger partial charge >= 0.3 is 0 Å². The van der Waals surface area contributed by atoms with E-state index in [1.165, 1.54) is 5.56 Å². The summed E-state index contributed by atoms with van der Waals surface area (Å²) in [5.74, 6) is -0.786. The highest BCUT2D eigenvalue weighted by Gasteiger charge is 2.40. The van der Waals surface area contributed by atoms with Crippen molar-refractivity contribution in [2.75, 3.05) is 26.2 Å². The predicted molar refractivity (Wildman–Crippen MR) is 138 cm³/mol. The molecule has 2 aliphatic rings. The summed E-state index contributed by atoms with van der Waals surface area (Å²) in [6.07, 6.45) is 7.36. The zero-order valence-corrected chi connectivity index (χ0v) is 21.3. The lowest BCUT2D eigenvalue weighted by Crippen LogP contribution is -2.55. The summed E-state index contributed by atoms with van der Waals surface area (Å²) in [5.41, 5.74) is 1.47. The molecule has 1 aromatic carbocycles. The van der Waals surface area contributed by atoms with Crippen molar-refractivity contribution >= 4 is 17.6 Å². The first-order valence-electron chi connectivity index (χ1n) is 13.0. The molecule has 2 aliphatic heterocycles. The summed E-state index contributed by atoms with van der Waals surface area (Å²) in [6, 6.07) is 10.4. The Morgan fingerprint density at radius 3 is 2.61 bits per heavy atom. The summed E-state index contributed by atoms with van der Waals surface area (Å²) < 4.78 is 5.75. The molecule has 2 amide bonds. The van der Waals surface area contributed by atoms with Gasteiger partial charge in [0.1, 0.15) is 18.7 Å². The summed E-state index contributed by atoms with van der Waals surface area (Å²) in [5, 5.41) is 5.85. The largest absolute Gasteiger partial charge is 0.367 e. The number of aromatic nitrogens is 1. The maximum atomic E-state index is 13.5. The van der Waals surface area contributed by atoms with Crippen molar-refractivity contribution in [2.45, 2.75) is 64.1 Å². The third kappa shape index (κ3) is 7.04. The topological polar surface area (TPSA) is 104 Å². The van der Waals surface area contributed by atoms with Gasteiger partial charge in [0.25, 0.3) is 5.91 Å². The van der Waals surface area contributed by atoms with Gasteiger partial charge in [-0.15, -0.1) is 0 Å². The van der Waals surface area contributed by atoms with Gasteiger partial charge in [0, 0.05) is 18.9 Å². The third-order valence-corrected chi connectivity index (χ3v) is 7.26. The molecule has 2 fully saturated rings. The highest BCUT2D eigenvalue weighted by atomic mass is 16.5. The molecule has 3 unspecified atom stereocenters. The van der Waals surface area contributed by atoms with Gasteiger partial charge in [0.05, 0.1) is 11.7 Å². The molecule has 2 saturated heterocycles. The van der Waals surface area contributed by atoms with Crippen molar-refractivity contribution in [1.82, 2.24) is 20.5 Å². The summed E-state index contributed by atoms with van der Waals surface area (Å²) in [6.45, 7) is 6.82. The van der Waals surface area contributed by atoms with Gasteiger partial charge in [-0.1, -0.05) is 44.2 Å². The molecule has 3 heterocycles. The Kier molecular flexibility index (Phi) is 8.59. The van der Waals surface area contributed by atoms with E-state index in [0.717, 1.165) is 38.8 Å². The number of benzene rings is 1. The second-order valence-electron chi connectivity index (χ2n) is 10.8. The van der Waals surface area contributed by atoms with E-state index in [-0.39, 0.29) is 35.7 Å². The van der Waals surface area contributed by atoms with Crippen LogP contribution in [0.3, 0.4) is 0 Å². The zero-order chi connectivity index (χ0) is 25.5. The highest BCUT2D eigenvalue weighted by molar-refractivity contribution is 5.98. The number of H-pyrrole nitrogens is 1. The van der Waals surface area contributed by atoms with Crippen molar-refractivity contribution in [2.24, 2.45) is 5.41 Å². The van der Waals surface area contributed by atoms with Crippen LogP contribution in [0.4, 0.5) is 0 Å². The Morgan fingerprint density at radius 1 is 1.17 bits per heavy atom. The first kappa shape index (κ1) is 26.1. The van der Waals surface area contributed by atoms with Gasteiger partial charge in [0.15, 0.2) is 5.78 Å². The third-order valence-electron chi connectivity index (χ3n) is 7.26. The SMILES string of the molecule is CC(C)(CCc1ccccc1)CC(NC(=O)c1cc[nH]c1)C(=O)NC1C(=O)COC1CN1CCCC1. The molecule has 4 rings (SSSR count). The van der Waals surface area contributed by atoms with Crippen LogP contribution in [-0.2, 0) is 20.7 Å². The van der Waals surface area contributed by atoms with Crippen LogP contribution in [0.25, 0.3) is 0 Å². The molecule has 36 heavy (non-hydrogen) atoms. The fourth-order valence-electron chi connectivity index (χ4n) is 5.09. The second kappa shape index (κ2) is 11.8. The maximum absolute atomic E-state index is 13.5. The van der Waals surface area contributed by atoms with E-state index in [1.54, 1.807) is 18.5 Å². The normalized spacial score (nSPS) is 21.4. The number of aryl methyl sites for hydroxylation is 1. The van der Waals surface area contributed by atoms with Gasteiger partial charge in [-0.25, -0.2) is 0 Å². The van der Waals surface area contributed by atoms with Crippen LogP contribution < -0.4 is 10.6 Å². The summed E-state index contributed by atoms with van der Waals surface area (Å²) in [7, 11) is 0. The molecule has 194 valence electrons. The monoisotopic (exact) mass is 494 g/mol. The molecule has 3 N–H and O–H groups in total. The number of amides is 2. The molecule has 0 bridgehead atoms. The van der Waals surface area contributed by atoms with Crippen LogP contribution in [0.5, 0.6) is 0 Å². The van der Waals surface area contributed by atoms with E-state index in [0.29, 0.717) is 18.5 Å². The number of rotatable bonds is 11. The number of hydrogen-bond donors (Lipinski definition) is 3. The predicted octanol–water partition coefficient (Wildman–Crippen LogP) is 2.71. The molecule has 0 aliphatic carbocycles. The molecule has 0 radical (unpaired) electrons. The molecule has 3 atom stereocenters. The number of carbonyl (C=O) groups is 3. The molecular weight excluding hydrogens is 456 g/mol. The average molecular weight is 495 g/mol. The molecule has 0 saturated carbocycles. The Labute approximate surface area is 213 Å². The number of ether oxygens (including phenoxy) is 1. The minimum Gasteiger partial charge on any atom is -0.367 e. The van der Waals surface area contributed by atoms with Crippen molar-refractivity contribution in [3.8, 4) is 0 Å². The van der Waals surface area contributed by atoms with Crippen molar-refractivity contribution in [3.63, 3.8) is 0 Å². The quantitative estimate of drug-likeness (QED) is 0.446. The van der Waals surface area contributed by atoms with E-state index in [4.69, 9.17) is 4.74 Å². The summed E-state index contributed by atoms with van der Waals surface area (Å²) >= 11 is 0. The van der Waals surface area contributed by atoms with Gasteiger partial charge in [0.2, 0.25) is 5.91 Å². The van der Waals surface area contributed by atoms with E-state index >= 15 is 0 Å². The van der Waals surface area contributed by atoms with Gasteiger partial charge in [-0.3, -0.25) is 14.4 Å². The van der Waals surface area contributed by atoms with Gasteiger partial charge < -0.3 is 25.3 Å². The van der Waals surface area contributed by atoms with Crippen LogP contribution in [0.15, 0.2) is 48.8 Å². The molecule has 8 nitrogen and oxygen atoms in total. The number of nitrogens with one attached hydrogen (secondary N) is 3. The number of nitrogens with zero attached hydrogens (tertiary/aromatic N) is 1. The van der Waals surface area contributed by atoms with Crippen molar-refractivity contribution in [3.05, 3.63) is 59.9 Å². The highest BCUT2D eigenvalue weighted by Crippen LogP contribution is 2.29. The zero-order valence-electron chi connectivity index (χ0n) is 21.3. The van der Waals surface area contributed by atoms with Crippen LogP contribution in [-0.4, -0.2) is 71.9 Å².